The normalized spacial score (nSPS) is 7.62. The quantitative estimate of drug-likeness (QED) is 0.359. The van der Waals surface area contributed by atoms with Gasteiger partial charge in [0.05, 0.1) is 0 Å². The van der Waals surface area contributed by atoms with Gasteiger partial charge in [-0.1, -0.05) is 5.92 Å². The molecule has 1 rings (SSSR count). The summed E-state index contributed by atoms with van der Waals surface area (Å²) in [5.74, 6) is 2.76. The molecule has 0 amide bonds. The zero-order valence-corrected chi connectivity index (χ0v) is 4.68. The smallest absolute Gasteiger partial charge is 0.249 e. The van der Waals surface area contributed by atoms with E-state index in [9.17, 15) is 0 Å². The van der Waals surface area contributed by atoms with Crippen LogP contribution in [0.3, 0.4) is 0 Å². The zero-order chi connectivity index (χ0) is 5.82. The molecule has 0 aliphatic heterocycles. The van der Waals surface area contributed by atoms with Crippen LogP contribution in [-0.4, -0.2) is 4.98 Å². The molecule has 0 aliphatic carbocycles. The minimum Gasteiger partial charge on any atom is -0.249 e. The van der Waals surface area contributed by atoms with Crippen LogP contribution in [0.1, 0.15) is 6.92 Å². The molecule has 1 aromatic rings. The molecule has 0 aliphatic rings. The standard InChI is InChI=1S/C6H6N2/c1-2-4-8-5-3-7-6-8/h3,5-6H,1H3/p+1. The third kappa shape index (κ3) is 0.881. The van der Waals surface area contributed by atoms with Crippen molar-refractivity contribution in [3.05, 3.63) is 18.7 Å². The predicted molar refractivity (Wildman–Crippen MR) is 29.8 cm³/mol. The van der Waals surface area contributed by atoms with E-state index in [2.05, 4.69) is 16.9 Å². The summed E-state index contributed by atoms with van der Waals surface area (Å²) >= 11 is 0. The number of hydrogen-bond acceptors (Lipinski definition) is 0. The molecule has 0 saturated heterocycles. The summed E-state index contributed by atoms with van der Waals surface area (Å²) in [5, 5.41) is 0. The van der Waals surface area contributed by atoms with Crippen LogP contribution in [-0.2, 0) is 0 Å². The SMILES string of the molecule is CC#C[n+]1cc[nH]c1. The fraction of sp³-hybridized carbons (Fsp3) is 0.167. The molecular formula is C6H7N2+. The lowest BCUT2D eigenvalue weighted by Crippen LogP contribution is -2.23. The molecule has 0 unspecified atom stereocenters. The molecule has 0 saturated carbocycles. The fourth-order valence-corrected chi connectivity index (χ4v) is 0.488. The number of H-pyrrole nitrogens is 1. The first-order valence-corrected chi connectivity index (χ1v) is 2.40. The van der Waals surface area contributed by atoms with Gasteiger partial charge in [0.1, 0.15) is 18.4 Å². The maximum Gasteiger partial charge on any atom is 0.255 e. The minimum atomic E-state index is 1.76. The Balaban J connectivity index is 2.88. The number of nitrogens with zero attached hydrogens (tertiary/aromatic N) is 1. The van der Waals surface area contributed by atoms with Gasteiger partial charge < -0.3 is 0 Å². The summed E-state index contributed by atoms with van der Waals surface area (Å²) in [6.45, 7) is 1.81. The highest BCUT2D eigenvalue weighted by atomic mass is 15.0. The lowest BCUT2D eigenvalue weighted by atomic mass is 10.8. The summed E-state index contributed by atoms with van der Waals surface area (Å²) in [7, 11) is 0. The summed E-state index contributed by atoms with van der Waals surface area (Å²) < 4.78 is 1.76. The summed E-state index contributed by atoms with van der Waals surface area (Å²) in [6, 6.07) is 2.82. The van der Waals surface area contributed by atoms with Gasteiger partial charge in [-0.2, -0.15) is 4.57 Å². The Morgan fingerprint density at radius 2 is 2.50 bits per heavy atom. The molecule has 0 aromatic carbocycles. The van der Waals surface area contributed by atoms with E-state index in [1.165, 1.54) is 0 Å². The molecule has 2 heteroatoms. The number of imidazole rings is 1. The number of rotatable bonds is 0. The monoisotopic (exact) mass is 107 g/mol. The van der Waals surface area contributed by atoms with E-state index in [-0.39, 0.29) is 0 Å². The summed E-state index contributed by atoms with van der Waals surface area (Å²) in [5.41, 5.74) is 0. The predicted octanol–water partition coefficient (Wildman–Crippen LogP) is 0.131. The Labute approximate surface area is 48.2 Å². The third-order valence-electron chi connectivity index (χ3n) is 0.786. The van der Waals surface area contributed by atoms with Crippen molar-refractivity contribution in [3.8, 4) is 12.0 Å². The van der Waals surface area contributed by atoms with E-state index in [4.69, 9.17) is 0 Å². The van der Waals surface area contributed by atoms with Gasteiger partial charge in [0.15, 0.2) is 0 Å². The Bertz CT molecular complexity index is 200. The third-order valence-corrected chi connectivity index (χ3v) is 0.786. The van der Waals surface area contributed by atoms with Crippen LogP contribution in [0.15, 0.2) is 18.7 Å². The Kier molecular flexibility index (Phi) is 1.34. The molecule has 0 atom stereocenters. The average Bonchev–Trinajstić information content (AvgIpc) is 2.19. The van der Waals surface area contributed by atoms with Crippen molar-refractivity contribution in [1.82, 2.24) is 4.98 Å². The van der Waals surface area contributed by atoms with Gasteiger partial charge >= 0.3 is 0 Å². The molecular weight excluding hydrogens is 100 g/mol. The second-order valence-electron chi connectivity index (χ2n) is 1.38. The van der Waals surface area contributed by atoms with Crippen molar-refractivity contribution in [2.45, 2.75) is 6.92 Å². The number of aromatic nitrogens is 2. The number of hydrogen-bond donors (Lipinski definition) is 1. The molecule has 0 bridgehead atoms. The second kappa shape index (κ2) is 2.17. The number of nitrogens with one attached hydrogen (secondary N) is 1. The first-order valence-electron chi connectivity index (χ1n) is 2.40. The molecule has 1 N–H and O–H groups in total. The highest BCUT2D eigenvalue weighted by molar-refractivity contribution is 4.84. The van der Waals surface area contributed by atoms with Gasteiger partial charge in [0.2, 0.25) is 0 Å². The van der Waals surface area contributed by atoms with Crippen LogP contribution in [0.5, 0.6) is 0 Å². The van der Waals surface area contributed by atoms with Gasteiger partial charge in [-0.05, 0) is 0 Å². The summed E-state index contributed by atoms with van der Waals surface area (Å²) in [4.78, 5) is 2.88. The van der Waals surface area contributed by atoms with Crippen molar-refractivity contribution >= 4 is 0 Å². The number of aromatic amines is 1. The van der Waals surface area contributed by atoms with Crippen LogP contribution in [0.4, 0.5) is 0 Å². The van der Waals surface area contributed by atoms with Crippen molar-refractivity contribution < 1.29 is 4.57 Å². The van der Waals surface area contributed by atoms with Gasteiger partial charge in [-0.15, -0.1) is 0 Å². The van der Waals surface area contributed by atoms with Crippen molar-refractivity contribution in [2.75, 3.05) is 0 Å². The van der Waals surface area contributed by atoms with Crippen molar-refractivity contribution in [1.29, 1.82) is 0 Å². The van der Waals surface area contributed by atoms with Gasteiger partial charge in [0.25, 0.3) is 6.33 Å². The van der Waals surface area contributed by atoms with Crippen molar-refractivity contribution in [3.63, 3.8) is 0 Å². The Morgan fingerprint density at radius 3 is 3.00 bits per heavy atom. The van der Waals surface area contributed by atoms with Crippen LogP contribution in [0, 0.1) is 12.0 Å². The van der Waals surface area contributed by atoms with Crippen LogP contribution in [0.25, 0.3) is 0 Å². The molecule has 2 nitrogen and oxygen atoms in total. The lowest BCUT2D eigenvalue weighted by Gasteiger charge is -1.67. The topological polar surface area (TPSA) is 19.7 Å². The molecule has 1 aromatic heterocycles. The van der Waals surface area contributed by atoms with Gasteiger partial charge in [0, 0.05) is 6.92 Å². The molecule has 0 spiro atoms. The van der Waals surface area contributed by atoms with E-state index in [1.54, 1.807) is 17.8 Å². The average molecular weight is 107 g/mol. The molecule has 0 radical (unpaired) electrons. The highest BCUT2D eigenvalue weighted by Crippen LogP contribution is 1.62. The Hall–Kier alpha value is -1.23. The Morgan fingerprint density at radius 1 is 1.62 bits per heavy atom. The van der Waals surface area contributed by atoms with Crippen LogP contribution < -0.4 is 4.57 Å². The van der Waals surface area contributed by atoms with E-state index in [0.717, 1.165) is 0 Å². The van der Waals surface area contributed by atoms with Gasteiger partial charge in [-0.3, -0.25) is 0 Å². The zero-order valence-electron chi connectivity index (χ0n) is 4.68. The lowest BCUT2D eigenvalue weighted by molar-refractivity contribution is -0.581. The molecule has 1 heterocycles. The largest absolute Gasteiger partial charge is 0.255 e. The van der Waals surface area contributed by atoms with E-state index >= 15 is 0 Å². The van der Waals surface area contributed by atoms with Crippen LogP contribution >= 0.6 is 0 Å². The minimum absolute atomic E-state index is 1.76. The first-order chi connectivity index (χ1) is 3.93. The molecule has 8 heavy (non-hydrogen) atoms. The highest BCUT2D eigenvalue weighted by Gasteiger charge is 1.84. The van der Waals surface area contributed by atoms with E-state index in [1.807, 2.05) is 12.4 Å². The second-order valence-corrected chi connectivity index (χ2v) is 1.38. The van der Waals surface area contributed by atoms with E-state index in [0.29, 0.717) is 0 Å². The maximum atomic E-state index is 2.88. The van der Waals surface area contributed by atoms with E-state index < -0.39 is 0 Å². The van der Waals surface area contributed by atoms with Crippen LogP contribution in [0.2, 0.25) is 0 Å². The fourth-order valence-electron chi connectivity index (χ4n) is 0.488. The maximum absolute atomic E-state index is 2.88. The van der Waals surface area contributed by atoms with Crippen molar-refractivity contribution in [2.24, 2.45) is 0 Å². The molecule has 40 valence electrons. The summed E-state index contributed by atoms with van der Waals surface area (Å²) in [6.07, 6.45) is 5.47. The molecule has 0 fully saturated rings. The first kappa shape index (κ1) is 4.92. The van der Waals surface area contributed by atoms with Gasteiger partial charge in [-0.25, -0.2) is 4.98 Å².